The molecule has 4 aromatic rings. The lowest BCUT2D eigenvalue weighted by Gasteiger charge is -2.07. The number of halogens is 1. The van der Waals surface area contributed by atoms with Crippen molar-refractivity contribution in [3.8, 4) is 11.5 Å². The van der Waals surface area contributed by atoms with Crippen LogP contribution >= 0.6 is 11.6 Å². The Morgan fingerprint density at radius 1 is 0.844 bits per heavy atom. The molecule has 0 atom stereocenters. The first-order valence-corrected chi connectivity index (χ1v) is 10.4. The molecule has 0 saturated heterocycles. The van der Waals surface area contributed by atoms with Crippen molar-refractivity contribution in [1.82, 2.24) is 5.43 Å². The average Bonchev–Trinajstić information content (AvgIpc) is 2.82. The van der Waals surface area contributed by atoms with Crippen molar-refractivity contribution in [2.45, 2.75) is 6.61 Å². The lowest BCUT2D eigenvalue weighted by Crippen LogP contribution is -2.24. The minimum absolute atomic E-state index is 0.125. The number of fused-ring (bicyclic) bond motifs is 1. The van der Waals surface area contributed by atoms with Gasteiger partial charge < -0.3 is 9.47 Å². The highest BCUT2D eigenvalue weighted by atomic mass is 35.5. The monoisotopic (exact) mass is 444 g/mol. The molecule has 0 radical (unpaired) electrons. The number of carbonyl (C=O) groups excluding carboxylic acids is 1. The summed E-state index contributed by atoms with van der Waals surface area (Å²) in [7, 11) is 0. The summed E-state index contributed by atoms with van der Waals surface area (Å²) in [4.78, 5) is 12.0. The summed E-state index contributed by atoms with van der Waals surface area (Å²) < 4.78 is 11.4. The third kappa shape index (κ3) is 6.09. The number of nitrogens with one attached hydrogen (secondary N) is 1. The van der Waals surface area contributed by atoms with Gasteiger partial charge in [-0.05, 0) is 58.3 Å². The summed E-state index contributed by atoms with van der Waals surface area (Å²) >= 11 is 5.90. The molecule has 0 fully saturated rings. The van der Waals surface area contributed by atoms with Crippen LogP contribution in [0.5, 0.6) is 11.5 Å². The van der Waals surface area contributed by atoms with Crippen molar-refractivity contribution < 1.29 is 14.3 Å². The van der Waals surface area contributed by atoms with Gasteiger partial charge in [0.05, 0.1) is 6.21 Å². The van der Waals surface area contributed by atoms with E-state index in [0.717, 1.165) is 21.9 Å². The number of carbonyl (C=O) groups is 1. The normalized spacial score (nSPS) is 10.9. The van der Waals surface area contributed by atoms with E-state index in [2.05, 4.69) is 10.5 Å². The molecule has 0 unspecified atom stereocenters. The number of hydrogen-bond acceptors (Lipinski definition) is 4. The molecule has 4 aromatic carbocycles. The number of hydrogen-bond donors (Lipinski definition) is 1. The maximum atomic E-state index is 12.0. The number of ether oxygens (including phenoxy) is 2. The van der Waals surface area contributed by atoms with Gasteiger partial charge in [-0.1, -0.05) is 66.2 Å². The van der Waals surface area contributed by atoms with Crippen molar-refractivity contribution in [2.75, 3.05) is 6.61 Å². The van der Waals surface area contributed by atoms with Crippen LogP contribution in [0.3, 0.4) is 0 Å². The Bertz CT molecular complexity index is 1240. The Morgan fingerprint density at radius 3 is 2.47 bits per heavy atom. The zero-order chi connectivity index (χ0) is 22.2. The second kappa shape index (κ2) is 10.5. The fourth-order valence-electron chi connectivity index (χ4n) is 3.05. The van der Waals surface area contributed by atoms with Gasteiger partial charge in [0, 0.05) is 5.02 Å². The maximum Gasteiger partial charge on any atom is 0.277 e. The summed E-state index contributed by atoms with van der Waals surface area (Å²) in [5.41, 5.74) is 4.29. The third-order valence-electron chi connectivity index (χ3n) is 4.67. The van der Waals surface area contributed by atoms with E-state index in [1.54, 1.807) is 6.21 Å². The third-order valence-corrected chi connectivity index (χ3v) is 4.92. The maximum absolute atomic E-state index is 12.0. The molecular weight excluding hydrogens is 424 g/mol. The highest BCUT2D eigenvalue weighted by molar-refractivity contribution is 6.30. The van der Waals surface area contributed by atoms with Gasteiger partial charge in [0.25, 0.3) is 5.91 Å². The van der Waals surface area contributed by atoms with Gasteiger partial charge in [-0.25, -0.2) is 5.43 Å². The van der Waals surface area contributed by atoms with E-state index in [1.165, 1.54) is 0 Å². The van der Waals surface area contributed by atoms with E-state index in [0.29, 0.717) is 23.1 Å². The van der Waals surface area contributed by atoms with Gasteiger partial charge >= 0.3 is 0 Å². The number of amides is 1. The molecule has 160 valence electrons. The van der Waals surface area contributed by atoms with Crippen LogP contribution in [0.25, 0.3) is 10.8 Å². The zero-order valence-corrected chi connectivity index (χ0v) is 18.0. The first-order chi connectivity index (χ1) is 15.7. The number of benzene rings is 4. The van der Waals surface area contributed by atoms with Gasteiger partial charge in [-0.3, -0.25) is 4.79 Å². The fourth-order valence-corrected chi connectivity index (χ4v) is 3.18. The lowest BCUT2D eigenvalue weighted by molar-refractivity contribution is -0.123. The predicted octanol–water partition coefficient (Wildman–Crippen LogP) is 5.60. The van der Waals surface area contributed by atoms with E-state index in [-0.39, 0.29) is 12.5 Å². The van der Waals surface area contributed by atoms with Gasteiger partial charge in [-0.15, -0.1) is 0 Å². The molecule has 0 saturated carbocycles. The molecule has 1 N–H and O–H groups in total. The predicted molar refractivity (Wildman–Crippen MR) is 127 cm³/mol. The van der Waals surface area contributed by atoms with Gasteiger partial charge in [0.1, 0.15) is 18.1 Å². The molecule has 0 bridgehead atoms. The highest BCUT2D eigenvalue weighted by Gasteiger charge is 2.03. The molecule has 4 rings (SSSR count). The fraction of sp³-hybridized carbons (Fsp3) is 0.0769. The Morgan fingerprint density at radius 2 is 1.62 bits per heavy atom. The summed E-state index contributed by atoms with van der Waals surface area (Å²) in [5, 5.41) is 6.87. The number of nitrogens with zero attached hydrogens (tertiary/aromatic N) is 1. The van der Waals surface area contributed by atoms with E-state index in [9.17, 15) is 4.79 Å². The molecule has 0 aliphatic rings. The van der Waals surface area contributed by atoms with E-state index < -0.39 is 0 Å². The largest absolute Gasteiger partial charge is 0.489 e. The number of rotatable bonds is 8. The Hall–Kier alpha value is -3.83. The molecule has 0 aromatic heterocycles. The average molecular weight is 445 g/mol. The molecule has 0 heterocycles. The second-order valence-electron chi connectivity index (χ2n) is 7.08. The van der Waals surface area contributed by atoms with Gasteiger partial charge in [0.2, 0.25) is 0 Å². The van der Waals surface area contributed by atoms with Crippen LogP contribution in [-0.4, -0.2) is 18.7 Å². The smallest absolute Gasteiger partial charge is 0.277 e. The van der Waals surface area contributed by atoms with Gasteiger partial charge in [0.15, 0.2) is 6.61 Å². The molecule has 5 nitrogen and oxygen atoms in total. The van der Waals surface area contributed by atoms with Crippen LogP contribution in [0.4, 0.5) is 0 Å². The van der Waals surface area contributed by atoms with E-state index in [4.69, 9.17) is 21.1 Å². The molecule has 0 aliphatic heterocycles. The van der Waals surface area contributed by atoms with Crippen molar-refractivity contribution >= 4 is 34.5 Å². The Labute approximate surface area is 191 Å². The Balaban J connectivity index is 1.26. The highest BCUT2D eigenvalue weighted by Crippen LogP contribution is 2.20. The minimum atomic E-state index is -0.343. The van der Waals surface area contributed by atoms with Crippen molar-refractivity contribution in [2.24, 2.45) is 5.10 Å². The van der Waals surface area contributed by atoms with Crippen molar-refractivity contribution in [1.29, 1.82) is 0 Å². The van der Waals surface area contributed by atoms with E-state index in [1.807, 2.05) is 91.0 Å². The molecule has 0 spiro atoms. The lowest BCUT2D eigenvalue weighted by atomic mass is 10.1. The quantitative estimate of drug-likeness (QED) is 0.284. The first-order valence-electron chi connectivity index (χ1n) is 10.1. The molecular formula is C26H21ClN2O3. The van der Waals surface area contributed by atoms with Crippen LogP contribution in [0.1, 0.15) is 11.1 Å². The second-order valence-corrected chi connectivity index (χ2v) is 7.51. The molecule has 1 amide bonds. The van der Waals surface area contributed by atoms with Crippen molar-refractivity contribution in [3.05, 3.63) is 107 Å². The van der Waals surface area contributed by atoms with Crippen molar-refractivity contribution in [3.63, 3.8) is 0 Å². The van der Waals surface area contributed by atoms with Crippen LogP contribution in [0.15, 0.2) is 96.1 Å². The summed E-state index contributed by atoms with van der Waals surface area (Å²) in [5.74, 6) is 0.993. The molecule has 32 heavy (non-hydrogen) atoms. The first kappa shape index (κ1) is 21.4. The standard InChI is InChI=1S/C26H21ClN2O3/c27-23-11-8-19(9-12-23)17-31-24-7-3-4-20(14-24)16-28-29-26(30)18-32-25-13-10-21-5-1-2-6-22(21)15-25/h1-16H,17-18H2,(H,29,30)/b28-16-. The summed E-state index contributed by atoms with van der Waals surface area (Å²) in [6, 6.07) is 28.6. The minimum Gasteiger partial charge on any atom is -0.489 e. The van der Waals surface area contributed by atoms with Crippen LogP contribution in [0.2, 0.25) is 5.02 Å². The van der Waals surface area contributed by atoms with Gasteiger partial charge in [-0.2, -0.15) is 5.10 Å². The molecule has 0 aliphatic carbocycles. The summed E-state index contributed by atoms with van der Waals surface area (Å²) in [6.45, 7) is 0.306. The SMILES string of the molecule is O=C(COc1ccc2ccccc2c1)N/N=C\c1cccc(OCc2ccc(Cl)cc2)c1. The van der Waals surface area contributed by atoms with Crippen LogP contribution < -0.4 is 14.9 Å². The van der Waals surface area contributed by atoms with Crippen LogP contribution in [-0.2, 0) is 11.4 Å². The zero-order valence-electron chi connectivity index (χ0n) is 17.2. The topological polar surface area (TPSA) is 59.9 Å². The van der Waals surface area contributed by atoms with E-state index >= 15 is 0 Å². The van der Waals surface area contributed by atoms with Crippen LogP contribution in [0, 0.1) is 0 Å². The summed E-state index contributed by atoms with van der Waals surface area (Å²) in [6.07, 6.45) is 1.56. The Kier molecular flexibility index (Phi) is 7.00. The molecule has 6 heteroatoms. The number of hydrazone groups is 1.